The van der Waals surface area contributed by atoms with E-state index >= 15 is 0 Å². The fraction of sp³-hybridized carbons (Fsp3) is 0.429. The minimum absolute atomic E-state index is 0.0719. The molecule has 1 aliphatic rings. The molecule has 100 valence electrons. The fourth-order valence-corrected chi connectivity index (χ4v) is 2.57. The lowest BCUT2D eigenvalue weighted by Gasteiger charge is -2.30. The minimum Gasteiger partial charge on any atom is -0.325 e. The number of carbonyl (C=O) groups is 1. The van der Waals surface area contributed by atoms with Gasteiger partial charge in [0.1, 0.15) is 0 Å². The summed E-state index contributed by atoms with van der Waals surface area (Å²) in [6.45, 7) is 3.83. The van der Waals surface area contributed by atoms with E-state index in [1.165, 1.54) is 0 Å². The molecule has 1 aromatic rings. The van der Waals surface area contributed by atoms with Crippen LogP contribution in [0.4, 0.5) is 10.5 Å². The molecule has 0 atom stereocenters. The second-order valence-electron chi connectivity index (χ2n) is 4.91. The molecule has 0 saturated carbocycles. The number of likely N-dealkylation sites (tertiary alicyclic amines) is 1. The van der Waals surface area contributed by atoms with E-state index in [0.717, 1.165) is 30.4 Å². The summed E-state index contributed by atoms with van der Waals surface area (Å²) < 4.78 is 0.727. The monoisotopic (exact) mass is 321 g/mol. The van der Waals surface area contributed by atoms with Gasteiger partial charge in [0.15, 0.2) is 0 Å². The highest BCUT2D eigenvalue weighted by Crippen LogP contribution is 2.24. The van der Waals surface area contributed by atoms with Crippen LogP contribution in [0, 0.1) is 17.2 Å². The van der Waals surface area contributed by atoms with Crippen LogP contribution in [0.25, 0.3) is 0 Å². The van der Waals surface area contributed by atoms with E-state index in [0.29, 0.717) is 17.2 Å². The summed E-state index contributed by atoms with van der Waals surface area (Å²) in [5.41, 5.74) is 1.26. The number of hydrogen-bond acceptors (Lipinski definition) is 2. The Morgan fingerprint density at radius 3 is 2.74 bits per heavy atom. The van der Waals surface area contributed by atoms with Crippen molar-refractivity contribution in [2.75, 3.05) is 18.4 Å². The van der Waals surface area contributed by atoms with Crippen LogP contribution in [0.5, 0.6) is 0 Å². The van der Waals surface area contributed by atoms with E-state index in [4.69, 9.17) is 5.26 Å². The van der Waals surface area contributed by atoms with Gasteiger partial charge in [0, 0.05) is 17.6 Å². The number of rotatable bonds is 1. The third-order valence-electron chi connectivity index (χ3n) is 3.41. The molecule has 0 radical (unpaired) electrons. The van der Waals surface area contributed by atoms with Crippen molar-refractivity contribution in [3.63, 3.8) is 0 Å². The number of halogens is 1. The van der Waals surface area contributed by atoms with Crippen LogP contribution >= 0.6 is 15.9 Å². The number of benzene rings is 1. The number of nitrogens with zero attached hydrogens (tertiary/aromatic N) is 2. The summed E-state index contributed by atoms with van der Waals surface area (Å²) >= 11 is 3.37. The second-order valence-corrected chi connectivity index (χ2v) is 5.76. The first kappa shape index (κ1) is 13.9. The van der Waals surface area contributed by atoms with Crippen molar-refractivity contribution in [1.29, 1.82) is 5.26 Å². The van der Waals surface area contributed by atoms with Gasteiger partial charge in [-0.05, 0) is 52.9 Å². The number of nitriles is 1. The molecule has 1 saturated heterocycles. The van der Waals surface area contributed by atoms with E-state index in [-0.39, 0.29) is 6.03 Å². The molecule has 0 aromatic heterocycles. The Morgan fingerprint density at radius 1 is 1.47 bits per heavy atom. The van der Waals surface area contributed by atoms with Crippen LogP contribution in [0.3, 0.4) is 0 Å². The Labute approximate surface area is 121 Å². The van der Waals surface area contributed by atoms with Crippen LogP contribution < -0.4 is 5.32 Å². The molecular formula is C14H16BrN3O. The second kappa shape index (κ2) is 6.07. The maximum absolute atomic E-state index is 12.1. The van der Waals surface area contributed by atoms with Crippen molar-refractivity contribution in [2.24, 2.45) is 5.92 Å². The molecule has 1 heterocycles. The largest absolute Gasteiger partial charge is 0.325 e. The number of urea groups is 1. The van der Waals surface area contributed by atoms with Crippen LogP contribution in [-0.4, -0.2) is 24.0 Å². The van der Waals surface area contributed by atoms with Crippen molar-refractivity contribution in [3.8, 4) is 6.07 Å². The molecular weight excluding hydrogens is 306 g/mol. The Morgan fingerprint density at radius 2 is 2.16 bits per heavy atom. The molecule has 0 spiro atoms. The van der Waals surface area contributed by atoms with Gasteiger partial charge in [-0.2, -0.15) is 5.26 Å². The first-order valence-electron chi connectivity index (χ1n) is 6.35. The van der Waals surface area contributed by atoms with Crippen molar-refractivity contribution >= 4 is 27.6 Å². The average molecular weight is 322 g/mol. The van der Waals surface area contributed by atoms with E-state index in [9.17, 15) is 4.79 Å². The predicted octanol–water partition coefficient (Wildman–Crippen LogP) is 3.58. The Hall–Kier alpha value is -1.54. The lowest BCUT2D eigenvalue weighted by Crippen LogP contribution is -2.40. The van der Waals surface area contributed by atoms with E-state index in [2.05, 4.69) is 34.2 Å². The average Bonchev–Trinajstić information content (AvgIpc) is 2.41. The third-order valence-corrected chi connectivity index (χ3v) is 4.07. The molecule has 2 rings (SSSR count). The number of hydrogen-bond donors (Lipinski definition) is 1. The third kappa shape index (κ3) is 3.48. The minimum atomic E-state index is -0.0719. The van der Waals surface area contributed by atoms with E-state index in [1.54, 1.807) is 18.2 Å². The number of piperidine rings is 1. The van der Waals surface area contributed by atoms with Crippen LogP contribution in [-0.2, 0) is 0 Å². The quantitative estimate of drug-likeness (QED) is 0.859. The number of nitrogens with one attached hydrogen (secondary N) is 1. The first-order valence-corrected chi connectivity index (χ1v) is 7.15. The SMILES string of the molecule is CC1CCN(C(=O)Nc2ccc(C#N)cc2Br)CC1. The molecule has 1 N–H and O–H groups in total. The summed E-state index contributed by atoms with van der Waals surface area (Å²) in [5.74, 6) is 0.700. The number of carbonyl (C=O) groups excluding carboxylic acids is 1. The van der Waals surface area contributed by atoms with E-state index in [1.807, 2.05) is 4.90 Å². The summed E-state index contributed by atoms with van der Waals surface area (Å²) in [7, 11) is 0. The summed E-state index contributed by atoms with van der Waals surface area (Å²) in [6, 6.07) is 7.13. The van der Waals surface area contributed by atoms with Gasteiger partial charge < -0.3 is 10.2 Å². The molecule has 1 fully saturated rings. The highest BCUT2D eigenvalue weighted by atomic mass is 79.9. The lowest BCUT2D eigenvalue weighted by atomic mass is 10.00. The molecule has 4 nitrogen and oxygen atoms in total. The molecule has 1 aliphatic heterocycles. The summed E-state index contributed by atoms with van der Waals surface area (Å²) in [5, 5.41) is 11.7. The maximum Gasteiger partial charge on any atom is 0.321 e. The van der Waals surface area contributed by atoms with Crippen molar-refractivity contribution in [2.45, 2.75) is 19.8 Å². The zero-order valence-electron chi connectivity index (χ0n) is 10.8. The topological polar surface area (TPSA) is 56.1 Å². The molecule has 1 aromatic carbocycles. The molecule has 0 bridgehead atoms. The maximum atomic E-state index is 12.1. The molecule has 0 aliphatic carbocycles. The van der Waals surface area contributed by atoms with Gasteiger partial charge in [0.2, 0.25) is 0 Å². The van der Waals surface area contributed by atoms with Crippen molar-refractivity contribution in [3.05, 3.63) is 28.2 Å². The zero-order chi connectivity index (χ0) is 13.8. The normalized spacial score (nSPS) is 15.9. The van der Waals surface area contributed by atoms with Crippen LogP contribution in [0.2, 0.25) is 0 Å². The fourth-order valence-electron chi connectivity index (χ4n) is 2.09. The van der Waals surface area contributed by atoms with Gasteiger partial charge in [0.25, 0.3) is 0 Å². The van der Waals surface area contributed by atoms with Gasteiger partial charge in [-0.15, -0.1) is 0 Å². The van der Waals surface area contributed by atoms with Gasteiger partial charge in [-0.25, -0.2) is 4.79 Å². The highest BCUT2D eigenvalue weighted by molar-refractivity contribution is 9.10. The van der Waals surface area contributed by atoms with Gasteiger partial charge in [-0.3, -0.25) is 0 Å². The van der Waals surface area contributed by atoms with Crippen molar-refractivity contribution < 1.29 is 4.79 Å². The van der Waals surface area contributed by atoms with Crippen LogP contribution in [0.1, 0.15) is 25.3 Å². The highest BCUT2D eigenvalue weighted by Gasteiger charge is 2.20. The zero-order valence-corrected chi connectivity index (χ0v) is 12.4. The number of amides is 2. The predicted molar refractivity (Wildman–Crippen MR) is 77.8 cm³/mol. The molecule has 0 unspecified atom stereocenters. The Bertz CT molecular complexity index is 516. The van der Waals surface area contributed by atoms with Crippen molar-refractivity contribution in [1.82, 2.24) is 4.90 Å². The smallest absolute Gasteiger partial charge is 0.321 e. The summed E-state index contributed by atoms with van der Waals surface area (Å²) in [4.78, 5) is 13.9. The number of anilines is 1. The Kier molecular flexibility index (Phi) is 4.43. The lowest BCUT2D eigenvalue weighted by molar-refractivity contribution is 0.186. The van der Waals surface area contributed by atoms with Gasteiger partial charge >= 0.3 is 6.03 Å². The Balaban J connectivity index is 2.01. The van der Waals surface area contributed by atoms with Crippen LogP contribution in [0.15, 0.2) is 22.7 Å². The van der Waals surface area contributed by atoms with Gasteiger partial charge in [0.05, 0.1) is 17.3 Å². The standard InChI is InChI=1S/C14H16BrN3O/c1-10-4-6-18(7-5-10)14(19)17-13-3-2-11(9-16)8-12(13)15/h2-3,8,10H,4-7H2,1H3,(H,17,19). The molecule has 2 amide bonds. The summed E-state index contributed by atoms with van der Waals surface area (Å²) in [6.07, 6.45) is 2.11. The van der Waals surface area contributed by atoms with Gasteiger partial charge in [-0.1, -0.05) is 6.92 Å². The molecule has 5 heteroatoms. The first-order chi connectivity index (χ1) is 9.10. The molecule has 19 heavy (non-hydrogen) atoms. The van der Waals surface area contributed by atoms with E-state index < -0.39 is 0 Å².